The minimum atomic E-state index is -0.243. The molecule has 0 aliphatic rings. The zero-order chi connectivity index (χ0) is 14.9. The molecule has 1 heterocycles. The van der Waals surface area contributed by atoms with Gasteiger partial charge in [0.25, 0.3) is 5.91 Å². The average Bonchev–Trinajstić information content (AvgIpc) is 2.72. The van der Waals surface area contributed by atoms with E-state index in [9.17, 15) is 9.90 Å². The highest BCUT2D eigenvalue weighted by molar-refractivity contribution is 5.95. The normalized spacial score (nSPS) is 12.2. The number of benzene rings is 1. The second-order valence-corrected chi connectivity index (χ2v) is 4.93. The number of rotatable bonds is 3. The fraction of sp³-hybridized carbons (Fsp3) is 0.333. The number of nitrogens with one attached hydrogen (secondary N) is 1. The number of carbonyl (C=O) groups excluding carboxylic acids is 1. The van der Waals surface area contributed by atoms with E-state index in [1.165, 1.54) is 6.07 Å². The van der Waals surface area contributed by atoms with Crippen LogP contribution in [0.4, 0.5) is 0 Å². The van der Waals surface area contributed by atoms with E-state index in [0.29, 0.717) is 11.3 Å². The van der Waals surface area contributed by atoms with E-state index in [2.05, 4.69) is 10.5 Å². The molecule has 1 amide bonds. The van der Waals surface area contributed by atoms with Crippen LogP contribution in [0.3, 0.4) is 0 Å². The van der Waals surface area contributed by atoms with Gasteiger partial charge in [0.05, 0.1) is 11.7 Å². The van der Waals surface area contributed by atoms with Crippen molar-refractivity contribution in [1.29, 1.82) is 0 Å². The Morgan fingerprint density at radius 1 is 1.35 bits per heavy atom. The summed E-state index contributed by atoms with van der Waals surface area (Å²) in [7, 11) is 0. The Labute approximate surface area is 117 Å². The summed E-state index contributed by atoms with van der Waals surface area (Å²) in [5, 5.41) is 16.4. The summed E-state index contributed by atoms with van der Waals surface area (Å²) in [5.74, 6) is 0.567. The van der Waals surface area contributed by atoms with Crippen molar-refractivity contribution in [2.75, 3.05) is 0 Å². The Bertz CT molecular complexity index is 627. The van der Waals surface area contributed by atoms with Crippen molar-refractivity contribution in [1.82, 2.24) is 10.5 Å². The Morgan fingerprint density at radius 3 is 2.60 bits per heavy atom. The Hall–Kier alpha value is -2.30. The number of hydrogen-bond donors (Lipinski definition) is 2. The molecule has 0 fully saturated rings. The van der Waals surface area contributed by atoms with Crippen LogP contribution in [0.15, 0.2) is 22.7 Å². The molecule has 5 heteroatoms. The van der Waals surface area contributed by atoms with Gasteiger partial charge in [0.2, 0.25) is 0 Å². The van der Waals surface area contributed by atoms with Crippen LogP contribution in [-0.4, -0.2) is 16.2 Å². The van der Waals surface area contributed by atoms with Gasteiger partial charge < -0.3 is 14.9 Å². The van der Waals surface area contributed by atoms with E-state index >= 15 is 0 Å². The molecular weight excluding hydrogens is 256 g/mol. The van der Waals surface area contributed by atoms with Gasteiger partial charge in [-0.15, -0.1) is 0 Å². The van der Waals surface area contributed by atoms with Crippen molar-refractivity contribution in [2.24, 2.45) is 0 Å². The standard InChI is InChI=1S/C15H18N2O3/c1-8-5-6-12(7-13(8)18)15(19)16-9(2)14-10(3)17-20-11(14)4/h5-7,9,18H,1-4H3,(H,16,19). The van der Waals surface area contributed by atoms with Gasteiger partial charge in [-0.25, -0.2) is 0 Å². The molecule has 20 heavy (non-hydrogen) atoms. The van der Waals surface area contributed by atoms with E-state index in [0.717, 1.165) is 16.8 Å². The summed E-state index contributed by atoms with van der Waals surface area (Å²) in [6, 6.07) is 4.65. The molecule has 1 aromatic carbocycles. The van der Waals surface area contributed by atoms with Crippen molar-refractivity contribution >= 4 is 5.91 Å². The van der Waals surface area contributed by atoms with Gasteiger partial charge in [-0.05, 0) is 45.4 Å². The molecule has 106 valence electrons. The molecule has 0 radical (unpaired) electrons. The van der Waals surface area contributed by atoms with Crippen LogP contribution in [0.2, 0.25) is 0 Å². The van der Waals surface area contributed by atoms with Gasteiger partial charge in [0, 0.05) is 11.1 Å². The van der Waals surface area contributed by atoms with E-state index in [-0.39, 0.29) is 17.7 Å². The van der Waals surface area contributed by atoms with Gasteiger partial charge in [-0.1, -0.05) is 11.2 Å². The van der Waals surface area contributed by atoms with Gasteiger partial charge in [0.1, 0.15) is 11.5 Å². The van der Waals surface area contributed by atoms with Gasteiger partial charge >= 0.3 is 0 Å². The molecule has 2 N–H and O–H groups in total. The lowest BCUT2D eigenvalue weighted by Crippen LogP contribution is -2.27. The molecule has 1 aromatic heterocycles. The third-order valence-electron chi connectivity index (χ3n) is 3.34. The highest BCUT2D eigenvalue weighted by Crippen LogP contribution is 2.22. The molecule has 0 bridgehead atoms. The fourth-order valence-electron chi connectivity index (χ4n) is 2.21. The number of aryl methyl sites for hydroxylation is 3. The van der Waals surface area contributed by atoms with E-state index in [4.69, 9.17) is 4.52 Å². The van der Waals surface area contributed by atoms with Gasteiger partial charge in [-0.3, -0.25) is 4.79 Å². The molecule has 0 aliphatic carbocycles. The van der Waals surface area contributed by atoms with Crippen LogP contribution in [-0.2, 0) is 0 Å². The number of phenolic OH excluding ortho intramolecular Hbond substituents is 1. The van der Waals surface area contributed by atoms with Gasteiger partial charge in [-0.2, -0.15) is 0 Å². The van der Waals surface area contributed by atoms with Gasteiger partial charge in [0.15, 0.2) is 0 Å². The second-order valence-electron chi connectivity index (χ2n) is 4.93. The second kappa shape index (κ2) is 5.36. The minimum Gasteiger partial charge on any atom is -0.508 e. The maximum atomic E-state index is 12.2. The number of aromatic nitrogens is 1. The zero-order valence-electron chi connectivity index (χ0n) is 12.0. The number of nitrogens with zero attached hydrogens (tertiary/aromatic N) is 1. The Kier molecular flexibility index (Phi) is 3.79. The quantitative estimate of drug-likeness (QED) is 0.902. The number of aromatic hydroxyl groups is 1. The molecule has 5 nitrogen and oxygen atoms in total. The van der Waals surface area contributed by atoms with E-state index in [1.54, 1.807) is 19.1 Å². The predicted octanol–water partition coefficient (Wildman–Crippen LogP) is 2.80. The first kappa shape index (κ1) is 14.1. The van der Waals surface area contributed by atoms with E-state index in [1.807, 2.05) is 20.8 Å². The predicted molar refractivity (Wildman–Crippen MR) is 74.7 cm³/mol. The minimum absolute atomic E-state index is 0.114. The molecule has 2 rings (SSSR count). The average molecular weight is 274 g/mol. The summed E-state index contributed by atoms with van der Waals surface area (Å²) < 4.78 is 5.10. The summed E-state index contributed by atoms with van der Waals surface area (Å²) in [4.78, 5) is 12.2. The number of amides is 1. The largest absolute Gasteiger partial charge is 0.508 e. The lowest BCUT2D eigenvalue weighted by atomic mass is 10.1. The smallest absolute Gasteiger partial charge is 0.251 e. The Balaban J connectivity index is 2.17. The van der Waals surface area contributed by atoms with Crippen LogP contribution in [0.5, 0.6) is 5.75 Å². The highest BCUT2D eigenvalue weighted by Gasteiger charge is 2.19. The lowest BCUT2D eigenvalue weighted by Gasteiger charge is -2.14. The van der Waals surface area contributed by atoms with Crippen molar-refractivity contribution in [3.63, 3.8) is 0 Å². The molecule has 0 saturated carbocycles. The van der Waals surface area contributed by atoms with Crippen LogP contribution in [0.25, 0.3) is 0 Å². The molecule has 0 aliphatic heterocycles. The third-order valence-corrected chi connectivity index (χ3v) is 3.34. The van der Waals surface area contributed by atoms with Crippen molar-refractivity contribution in [2.45, 2.75) is 33.7 Å². The summed E-state index contributed by atoms with van der Waals surface area (Å²) in [6.07, 6.45) is 0. The van der Waals surface area contributed by atoms with Crippen molar-refractivity contribution in [3.8, 4) is 5.75 Å². The zero-order valence-corrected chi connectivity index (χ0v) is 12.0. The van der Waals surface area contributed by atoms with Crippen molar-refractivity contribution in [3.05, 3.63) is 46.3 Å². The first-order valence-electron chi connectivity index (χ1n) is 6.43. The number of hydrogen-bond acceptors (Lipinski definition) is 4. The SMILES string of the molecule is Cc1ccc(C(=O)NC(C)c2c(C)noc2C)cc1O. The van der Waals surface area contributed by atoms with Crippen LogP contribution < -0.4 is 5.32 Å². The summed E-state index contributed by atoms with van der Waals surface area (Å²) in [6.45, 7) is 7.31. The topological polar surface area (TPSA) is 75.4 Å². The molecule has 2 aromatic rings. The van der Waals surface area contributed by atoms with Crippen LogP contribution in [0, 0.1) is 20.8 Å². The first-order chi connectivity index (χ1) is 9.40. The maximum absolute atomic E-state index is 12.2. The Morgan fingerprint density at radius 2 is 2.05 bits per heavy atom. The highest BCUT2D eigenvalue weighted by atomic mass is 16.5. The van der Waals surface area contributed by atoms with Crippen LogP contribution in [0.1, 0.15) is 45.9 Å². The van der Waals surface area contributed by atoms with Crippen LogP contribution >= 0.6 is 0 Å². The number of carbonyl (C=O) groups is 1. The summed E-state index contributed by atoms with van der Waals surface area (Å²) in [5.41, 5.74) is 2.81. The number of phenols is 1. The van der Waals surface area contributed by atoms with E-state index < -0.39 is 0 Å². The monoisotopic (exact) mass is 274 g/mol. The lowest BCUT2D eigenvalue weighted by molar-refractivity contribution is 0.0939. The molecule has 0 saturated heterocycles. The third kappa shape index (κ3) is 2.66. The molecule has 1 atom stereocenters. The first-order valence-corrected chi connectivity index (χ1v) is 6.43. The fourth-order valence-corrected chi connectivity index (χ4v) is 2.21. The molecule has 1 unspecified atom stereocenters. The molecule has 0 spiro atoms. The maximum Gasteiger partial charge on any atom is 0.251 e. The molecular formula is C15H18N2O3. The van der Waals surface area contributed by atoms with Crippen molar-refractivity contribution < 1.29 is 14.4 Å². The summed E-state index contributed by atoms with van der Waals surface area (Å²) >= 11 is 0.